The summed E-state index contributed by atoms with van der Waals surface area (Å²) in [5, 5.41) is 69.3. The highest BCUT2D eigenvalue weighted by Gasteiger charge is 2.29. The second-order valence-corrected chi connectivity index (χ2v) is 4.27. The monoisotopic (exact) mass is 306 g/mol. The quantitative estimate of drug-likeness (QED) is 0.259. The highest BCUT2D eigenvalue weighted by atomic mass is 16.5. The molecule has 8 nitrogen and oxygen atoms in total. The van der Waals surface area contributed by atoms with Crippen LogP contribution in [0.25, 0.3) is 0 Å². The van der Waals surface area contributed by atoms with Gasteiger partial charge in [0, 0.05) is 5.56 Å². The van der Waals surface area contributed by atoms with Gasteiger partial charge in [0.15, 0.2) is 6.29 Å². The van der Waals surface area contributed by atoms with Crippen LogP contribution in [0.5, 0.6) is 0 Å². The SMILES string of the molecule is OC(O)c1ccccc1.OC[C@@H](O)[C@@H](O)[C@H](O)[C@@H](O)CO. The Morgan fingerprint density at radius 1 is 0.667 bits per heavy atom. The van der Waals surface area contributed by atoms with E-state index >= 15 is 0 Å². The fraction of sp³-hybridized carbons (Fsp3) is 0.538. The number of hydrogen-bond acceptors (Lipinski definition) is 8. The first-order valence-corrected chi connectivity index (χ1v) is 6.20. The van der Waals surface area contributed by atoms with Crippen LogP contribution in [0.15, 0.2) is 30.3 Å². The Morgan fingerprint density at radius 2 is 1.05 bits per heavy atom. The van der Waals surface area contributed by atoms with Crippen molar-refractivity contribution < 1.29 is 40.9 Å². The summed E-state index contributed by atoms with van der Waals surface area (Å²) in [5.74, 6) is 0. The van der Waals surface area contributed by atoms with Gasteiger partial charge in [-0.3, -0.25) is 0 Å². The van der Waals surface area contributed by atoms with Gasteiger partial charge in [-0.15, -0.1) is 0 Å². The van der Waals surface area contributed by atoms with Crippen LogP contribution in [0.2, 0.25) is 0 Å². The van der Waals surface area contributed by atoms with E-state index in [0.29, 0.717) is 5.56 Å². The number of aliphatic hydroxyl groups excluding tert-OH is 7. The average molecular weight is 306 g/mol. The van der Waals surface area contributed by atoms with Crippen molar-refractivity contribution in [2.75, 3.05) is 13.2 Å². The van der Waals surface area contributed by atoms with Gasteiger partial charge in [-0.2, -0.15) is 0 Å². The number of benzene rings is 1. The molecule has 21 heavy (non-hydrogen) atoms. The Balaban J connectivity index is 0.000000394. The molecule has 122 valence electrons. The van der Waals surface area contributed by atoms with Crippen LogP contribution in [0, 0.1) is 0 Å². The van der Waals surface area contributed by atoms with Crippen LogP contribution in [0.3, 0.4) is 0 Å². The normalized spacial score (nSPS) is 16.6. The van der Waals surface area contributed by atoms with Crippen molar-refractivity contribution in [2.45, 2.75) is 30.7 Å². The lowest BCUT2D eigenvalue weighted by Crippen LogP contribution is -2.46. The van der Waals surface area contributed by atoms with Crippen molar-refractivity contribution in [1.29, 1.82) is 0 Å². The minimum Gasteiger partial charge on any atom is -0.394 e. The van der Waals surface area contributed by atoms with Crippen molar-refractivity contribution in [2.24, 2.45) is 0 Å². The largest absolute Gasteiger partial charge is 0.394 e. The number of rotatable bonds is 6. The summed E-state index contributed by atoms with van der Waals surface area (Å²) in [4.78, 5) is 0. The Labute approximate surface area is 121 Å². The maximum atomic E-state index is 8.96. The lowest BCUT2D eigenvalue weighted by atomic mass is 10.0. The van der Waals surface area contributed by atoms with Crippen LogP contribution >= 0.6 is 0 Å². The molecule has 0 aliphatic heterocycles. The van der Waals surface area contributed by atoms with E-state index in [-0.39, 0.29) is 0 Å². The third kappa shape index (κ3) is 7.46. The average Bonchev–Trinajstić information content (AvgIpc) is 2.53. The van der Waals surface area contributed by atoms with E-state index in [0.717, 1.165) is 0 Å². The molecule has 0 spiro atoms. The Morgan fingerprint density at radius 3 is 1.29 bits per heavy atom. The minimum atomic E-state index is -1.67. The van der Waals surface area contributed by atoms with Gasteiger partial charge in [-0.05, 0) is 0 Å². The van der Waals surface area contributed by atoms with Crippen molar-refractivity contribution in [3.63, 3.8) is 0 Å². The van der Waals surface area contributed by atoms with Gasteiger partial charge in [0.2, 0.25) is 0 Å². The lowest BCUT2D eigenvalue weighted by Gasteiger charge is -2.24. The first-order valence-electron chi connectivity index (χ1n) is 6.20. The van der Waals surface area contributed by atoms with Gasteiger partial charge in [0.25, 0.3) is 0 Å². The molecule has 1 aromatic rings. The smallest absolute Gasteiger partial charge is 0.178 e. The topological polar surface area (TPSA) is 162 Å². The second-order valence-electron chi connectivity index (χ2n) is 4.27. The van der Waals surface area contributed by atoms with E-state index in [2.05, 4.69) is 0 Å². The van der Waals surface area contributed by atoms with Crippen molar-refractivity contribution in [3.8, 4) is 0 Å². The summed E-state index contributed by atoms with van der Waals surface area (Å²) < 4.78 is 0. The summed E-state index contributed by atoms with van der Waals surface area (Å²) in [5.41, 5.74) is 0.525. The van der Waals surface area contributed by atoms with E-state index in [1.165, 1.54) is 0 Å². The van der Waals surface area contributed by atoms with Gasteiger partial charge < -0.3 is 40.9 Å². The molecule has 0 heterocycles. The summed E-state index contributed by atoms with van der Waals surface area (Å²) in [6, 6.07) is 8.66. The summed E-state index contributed by atoms with van der Waals surface area (Å²) in [6.07, 6.45) is -7.73. The molecule has 0 fully saturated rings. The first-order chi connectivity index (χ1) is 9.84. The van der Waals surface area contributed by atoms with Gasteiger partial charge in [0.1, 0.15) is 24.4 Å². The molecule has 0 amide bonds. The third-order valence-corrected chi connectivity index (χ3v) is 2.61. The van der Waals surface area contributed by atoms with Crippen LogP contribution in [-0.4, -0.2) is 78.5 Å². The molecule has 1 rings (SSSR count). The van der Waals surface area contributed by atoms with Gasteiger partial charge in [-0.25, -0.2) is 0 Å². The maximum absolute atomic E-state index is 8.96. The number of aliphatic hydroxyl groups is 8. The predicted octanol–water partition coefficient (Wildman–Crippen LogP) is -2.92. The molecule has 0 aliphatic carbocycles. The van der Waals surface area contributed by atoms with Crippen molar-refractivity contribution in [1.82, 2.24) is 0 Å². The zero-order valence-electron chi connectivity index (χ0n) is 11.3. The van der Waals surface area contributed by atoms with Crippen LogP contribution in [0.1, 0.15) is 11.9 Å². The fourth-order valence-corrected chi connectivity index (χ4v) is 1.30. The standard InChI is InChI=1S/C7H8O2.C6H14O6/c8-7(9)6-4-2-1-3-5-6;7-1-3(9)5(11)6(12)4(10)2-8/h1-5,7-9H;3-12H,1-2H2/t;3-,4+,5-,6-/m.1/s1. The molecule has 0 unspecified atom stereocenters. The van der Waals surface area contributed by atoms with Crippen LogP contribution < -0.4 is 0 Å². The molecule has 8 N–H and O–H groups in total. The zero-order chi connectivity index (χ0) is 16.4. The Hall–Kier alpha value is -1.10. The number of hydrogen-bond donors (Lipinski definition) is 8. The van der Waals surface area contributed by atoms with E-state index in [9.17, 15) is 0 Å². The van der Waals surface area contributed by atoms with E-state index in [1.807, 2.05) is 6.07 Å². The maximum Gasteiger partial charge on any atom is 0.178 e. The Bertz CT molecular complexity index is 344. The molecule has 0 bridgehead atoms. The van der Waals surface area contributed by atoms with E-state index < -0.39 is 43.9 Å². The molecular formula is C13H22O8. The van der Waals surface area contributed by atoms with Gasteiger partial charge >= 0.3 is 0 Å². The fourth-order valence-electron chi connectivity index (χ4n) is 1.30. The van der Waals surface area contributed by atoms with Gasteiger partial charge in [-0.1, -0.05) is 30.3 Å². The lowest BCUT2D eigenvalue weighted by molar-refractivity contribution is -0.123. The second kappa shape index (κ2) is 10.6. The molecular weight excluding hydrogens is 284 g/mol. The van der Waals surface area contributed by atoms with Gasteiger partial charge in [0.05, 0.1) is 13.2 Å². The van der Waals surface area contributed by atoms with Crippen molar-refractivity contribution >= 4 is 0 Å². The van der Waals surface area contributed by atoms with E-state index in [1.54, 1.807) is 24.3 Å². The summed E-state index contributed by atoms with van der Waals surface area (Å²) in [7, 11) is 0. The molecule has 8 heteroatoms. The highest BCUT2D eigenvalue weighted by Crippen LogP contribution is 2.06. The van der Waals surface area contributed by atoms with Crippen LogP contribution in [-0.2, 0) is 0 Å². The van der Waals surface area contributed by atoms with Crippen LogP contribution in [0.4, 0.5) is 0 Å². The molecule has 1 aromatic carbocycles. The summed E-state index contributed by atoms with van der Waals surface area (Å²) >= 11 is 0. The Kier molecular flexibility index (Phi) is 10.0. The molecule has 0 saturated carbocycles. The third-order valence-electron chi connectivity index (χ3n) is 2.61. The first kappa shape index (κ1) is 19.9. The zero-order valence-corrected chi connectivity index (χ0v) is 11.3. The highest BCUT2D eigenvalue weighted by molar-refractivity contribution is 5.15. The minimum absolute atomic E-state index is 0.525. The molecule has 4 atom stereocenters. The molecule has 0 aliphatic rings. The van der Waals surface area contributed by atoms with E-state index in [4.69, 9.17) is 40.9 Å². The summed E-state index contributed by atoms with van der Waals surface area (Å²) in [6.45, 7) is -1.45. The molecule has 0 saturated heterocycles. The molecule has 0 radical (unpaired) electrons. The van der Waals surface area contributed by atoms with Crippen molar-refractivity contribution in [3.05, 3.63) is 35.9 Å². The predicted molar refractivity (Wildman–Crippen MR) is 71.8 cm³/mol. The molecule has 0 aromatic heterocycles.